The molecule has 0 saturated heterocycles. The van der Waals surface area contributed by atoms with Crippen LogP contribution in [0.1, 0.15) is 17.3 Å². The third-order valence-electron chi connectivity index (χ3n) is 1.42. The van der Waals surface area contributed by atoms with Crippen molar-refractivity contribution < 1.29 is 24.5 Å². The molecule has 1 aromatic rings. The summed E-state index contributed by atoms with van der Waals surface area (Å²) in [6.45, 7) is 2.03. The van der Waals surface area contributed by atoms with Crippen LogP contribution in [-0.4, -0.2) is 29.6 Å². The summed E-state index contributed by atoms with van der Waals surface area (Å²) in [7, 11) is 0. The van der Waals surface area contributed by atoms with Crippen LogP contribution in [0.5, 0.6) is 11.5 Å². The van der Waals surface area contributed by atoms with Crippen LogP contribution in [0.3, 0.4) is 0 Å². The number of aldehydes is 1. The molecule has 0 unspecified atom stereocenters. The summed E-state index contributed by atoms with van der Waals surface area (Å²) in [5, 5.41) is 16.1. The average Bonchev–Trinajstić information content (AvgIpc) is 2.23. The van der Waals surface area contributed by atoms with E-state index in [0.29, 0.717) is 24.2 Å². The molecule has 0 fully saturated rings. The molecule has 82 valence electrons. The second kappa shape index (κ2) is 7.37. The van der Waals surface area contributed by atoms with Gasteiger partial charge in [-0.3, -0.25) is 9.59 Å². The number of carbonyl (C=O) groups is 2. The largest absolute Gasteiger partial charge is 0.504 e. The highest BCUT2D eigenvalue weighted by molar-refractivity contribution is 5.76. The third-order valence-corrected chi connectivity index (χ3v) is 1.42. The second-order valence-electron chi connectivity index (χ2n) is 2.38. The molecular weight excluding hydrogens is 200 g/mol. The predicted octanol–water partition coefficient (Wildman–Crippen LogP) is 1.30. The summed E-state index contributed by atoms with van der Waals surface area (Å²) in [5.41, 5.74) is 0.497. The van der Waals surface area contributed by atoms with Crippen LogP contribution in [0.15, 0.2) is 18.2 Å². The fraction of sp³-hybridized carbons (Fsp3) is 0.200. The van der Waals surface area contributed by atoms with Crippen LogP contribution in [-0.2, 0) is 4.79 Å². The first-order valence-corrected chi connectivity index (χ1v) is 4.18. The number of carboxylic acid groups (broad SMARTS) is 1. The zero-order chi connectivity index (χ0) is 11.7. The molecule has 2 N–H and O–H groups in total. The predicted molar refractivity (Wildman–Crippen MR) is 53.4 cm³/mol. The fourth-order valence-corrected chi connectivity index (χ4v) is 0.875. The van der Waals surface area contributed by atoms with Crippen molar-refractivity contribution in [2.75, 3.05) is 6.61 Å². The Labute approximate surface area is 86.9 Å². The van der Waals surface area contributed by atoms with E-state index >= 15 is 0 Å². The lowest BCUT2D eigenvalue weighted by atomic mass is 10.2. The summed E-state index contributed by atoms with van der Waals surface area (Å²) >= 11 is 0. The third kappa shape index (κ3) is 4.66. The SMILES string of the molecule is CCOc1cc(C=O)ccc1O.O=CO. The minimum absolute atomic E-state index is 0.0578. The molecule has 0 aliphatic carbocycles. The van der Waals surface area contributed by atoms with Gasteiger partial charge in [0.15, 0.2) is 11.5 Å². The molecule has 5 heteroatoms. The van der Waals surface area contributed by atoms with Crippen LogP contribution in [0.2, 0.25) is 0 Å². The molecule has 0 saturated carbocycles. The number of carbonyl (C=O) groups excluding carboxylic acids is 1. The Kier molecular flexibility index (Phi) is 6.37. The number of phenolic OH excluding ortho intramolecular Hbond substituents is 1. The van der Waals surface area contributed by atoms with Crippen LogP contribution < -0.4 is 4.74 Å². The molecule has 1 aromatic carbocycles. The van der Waals surface area contributed by atoms with E-state index in [-0.39, 0.29) is 12.2 Å². The molecule has 0 amide bonds. The van der Waals surface area contributed by atoms with E-state index in [2.05, 4.69) is 0 Å². The van der Waals surface area contributed by atoms with Crippen molar-refractivity contribution in [3.63, 3.8) is 0 Å². The minimum Gasteiger partial charge on any atom is -0.504 e. The molecule has 0 heterocycles. The van der Waals surface area contributed by atoms with Gasteiger partial charge in [0.2, 0.25) is 0 Å². The molecule has 0 atom stereocenters. The van der Waals surface area contributed by atoms with E-state index in [1.807, 2.05) is 6.92 Å². The average molecular weight is 212 g/mol. The van der Waals surface area contributed by atoms with Crippen LogP contribution in [0.25, 0.3) is 0 Å². The zero-order valence-corrected chi connectivity index (χ0v) is 8.21. The van der Waals surface area contributed by atoms with E-state index < -0.39 is 0 Å². The molecule has 1 rings (SSSR count). The number of rotatable bonds is 3. The van der Waals surface area contributed by atoms with Crippen molar-refractivity contribution in [1.82, 2.24) is 0 Å². The highest BCUT2D eigenvalue weighted by Crippen LogP contribution is 2.25. The maximum Gasteiger partial charge on any atom is 0.290 e. The van der Waals surface area contributed by atoms with Crippen molar-refractivity contribution in [3.8, 4) is 11.5 Å². The Morgan fingerprint density at radius 3 is 2.47 bits per heavy atom. The van der Waals surface area contributed by atoms with Gasteiger partial charge in [0.05, 0.1) is 6.61 Å². The standard InChI is InChI=1S/C9H10O3.CH2O2/c1-2-12-9-5-7(6-10)3-4-8(9)11;2-1-3/h3-6,11H,2H2,1H3;1H,(H,2,3). The molecule has 0 bridgehead atoms. The Balaban J connectivity index is 0.000000583. The zero-order valence-electron chi connectivity index (χ0n) is 8.21. The van der Waals surface area contributed by atoms with E-state index in [4.69, 9.17) is 14.6 Å². The second-order valence-corrected chi connectivity index (χ2v) is 2.38. The van der Waals surface area contributed by atoms with Crippen molar-refractivity contribution in [1.29, 1.82) is 0 Å². The summed E-state index contributed by atoms with van der Waals surface area (Å²) in [6.07, 6.45) is 0.710. The van der Waals surface area contributed by atoms with Crippen molar-refractivity contribution >= 4 is 12.8 Å². The topological polar surface area (TPSA) is 83.8 Å². The van der Waals surface area contributed by atoms with E-state index in [1.165, 1.54) is 18.2 Å². The van der Waals surface area contributed by atoms with Gasteiger partial charge in [-0.2, -0.15) is 0 Å². The monoisotopic (exact) mass is 212 g/mol. The van der Waals surface area contributed by atoms with Gasteiger partial charge in [0, 0.05) is 5.56 Å². The number of phenols is 1. The van der Waals surface area contributed by atoms with E-state index in [0.717, 1.165) is 0 Å². The van der Waals surface area contributed by atoms with Gasteiger partial charge >= 0.3 is 0 Å². The quantitative estimate of drug-likeness (QED) is 0.738. The molecule has 0 spiro atoms. The molecule has 0 radical (unpaired) electrons. The van der Waals surface area contributed by atoms with E-state index in [9.17, 15) is 9.90 Å². The molecular formula is C10H12O5. The smallest absolute Gasteiger partial charge is 0.290 e. The van der Waals surface area contributed by atoms with Gasteiger partial charge in [0.1, 0.15) is 6.29 Å². The van der Waals surface area contributed by atoms with Gasteiger partial charge < -0.3 is 14.9 Å². The lowest BCUT2D eigenvalue weighted by molar-refractivity contribution is -0.122. The van der Waals surface area contributed by atoms with Crippen molar-refractivity contribution in [3.05, 3.63) is 23.8 Å². The van der Waals surface area contributed by atoms with Gasteiger partial charge in [-0.1, -0.05) is 0 Å². The summed E-state index contributed by atoms with van der Waals surface area (Å²) in [4.78, 5) is 18.7. The number of hydrogen-bond donors (Lipinski definition) is 2. The minimum atomic E-state index is -0.250. The van der Waals surface area contributed by atoms with Gasteiger partial charge in [-0.15, -0.1) is 0 Å². The molecule has 0 aliphatic heterocycles. The highest BCUT2D eigenvalue weighted by atomic mass is 16.5. The maximum atomic E-state index is 10.3. The van der Waals surface area contributed by atoms with Crippen LogP contribution in [0.4, 0.5) is 0 Å². The van der Waals surface area contributed by atoms with E-state index in [1.54, 1.807) is 0 Å². The lowest BCUT2D eigenvalue weighted by Gasteiger charge is -2.04. The normalized spacial score (nSPS) is 8.33. The first kappa shape index (κ1) is 13.0. The highest BCUT2D eigenvalue weighted by Gasteiger charge is 2.01. The fourth-order valence-electron chi connectivity index (χ4n) is 0.875. The van der Waals surface area contributed by atoms with Crippen molar-refractivity contribution in [2.45, 2.75) is 6.92 Å². The van der Waals surface area contributed by atoms with Gasteiger partial charge in [0.25, 0.3) is 6.47 Å². The maximum absolute atomic E-state index is 10.3. The number of aromatic hydroxyl groups is 1. The number of ether oxygens (including phenoxy) is 1. The summed E-state index contributed by atoms with van der Waals surface area (Å²) in [6, 6.07) is 4.48. The summed E-state index contributed by atoms with van der Waals surface area (Å²) in [5.74, 6) is 0.407. The van der Waals surface area contributed by atoms with Gasteiger partial charge in [-0.25, -0.2) is 0 Å². The summed E-state index contributed by atoms with van der Waals surface area (Å²) < 4.78 is 5.07. The molecule has 5 nitrogen and oxygen atoms in total. The van der Waals surface area contributed by atoms with Gasteiger partial charge in [-0.05, 0) is 25.1 Å². The Hall–Kier alpha value is -2.04. The first-order chi connectivity index (χ1) is 7.19. The first-order valence-electron chi connectivity index (χ1n) is 4.18. The Morgan fingerprint density at radius 2 is 2.00 bits per heavy atom. The molecule has 0 aromatic heterocycles. The Morgan fingerprint density at radius 1 is 1.40 bits per heavy atom. The number of hydrogen-bond acceptors (Lipinski definition) is 4. The number of benzene rings is 1. The molecule has 0 aliphatic rings. The Bertz CT molecular complexity index is 322. The molecule has 15 heavy (non-hydrogen) atoms. The van der Waals surface area contributed by atoms with Crippen LogP contribution >= 0.6 is 0 Å². The van der Waals surface area contributed by atoms with Crippen LogP contribution in [0, 0.1) is 0 Å². The lowest BCUT2D eigenvalue weighted by Crippen LogP contribution is -1.92. The van der Waals surface area contributed by atoms with Crippen molar-refractivity contribution in [2.24, 2.45) is 0 Å².